The van der Waals surface area contributed by atoms with Crippen LogP contribution in [0.2, 0.25) is 0 Å². The molecule has 0 unspecified atom stereocenters. The van der Waals surface area contributed by atoms with Gasteiger partial charge >= 0.3 is 13.6 Å². The first-order valence-corrected chi connectivity index (χ1v) is 7.98. The van der Waals surface area contributed by atoms with Crippen LogP contribution in [0.3, 0.4) is 0 Å². The average Bonchev–Trinajstić information content (AvgIpc) is 2.39. The second kappa shape index (κ2) is 10.3. The smallest absolute Gasteiger partial charge is 0.330 e. The minimum Gasteiger partial charge on any atom is -0.463 e. The van der Waals surface area contributed by atoms with E-state index in [1.54, 1.807) is 0 Å². The molecule has 0 heterocycles. The second-order valence-corrected chi connectivity index (χ2v) is 5.91. The van der Waals surface area contributed by atoms with Crippen molar-refractivity contribution in [1.82, 2.24) is 0 Å². The van der Waals surface area contributed by atoms with Crippen LogP contribution >= 0.6 is 7.60 Å². The topological polar surface area (TPSA) is 61.8 Å². The van der Waals surface area contributed by atoms with E-state index in [0.717, 1.165) is 18.9 Å². The molecule has 5 nitrogen and oxygen atoms in total. The summed E-state index contributed by atoms with van der Waals surface area (Å²) in [5.74, 6) is -0.478. The highest BCUT2D eigenvalue weighted by Crippen LogP contribution is 2.48. The lowest BCUT2D eigenvalue weighted by Gasteiger charge is -2.17. The largest absolute Gasteiger partial charge is 0.463 e. The monoisotopic (exact) mass is 278 g/mol. The van der Waals surface area contributed by atoms with E-state index in [1.807, 2.05) is 13.8 Å². The Kier molecular flexibility index (Phi) is 9.93. The van der Waals surface area contributed by atoms with Gasteiger partial charge in [0.15, 0.2) is 0 Å². The molecule has 0 spiro atoms. The van der Waals surface area contributed by atoms with Crippen molar-refractivity contribution in [2.75, 3.05) is 26.0 Å². The first kappa shape index (κ1) is 17.4. The van der Waals surface area contributed by atoms with Gasteiger partial charge in [-0.05, 0) is 19.3 Å². The van der Waals surface area contributed by atoms with Crippen LogP contribution < -0.4 is 0 Å². The minimum absolute atomic E-state index is 0.194. The van der Waals surface area contributed by atoms with Gasteiger partial charge in [-0.3, -0.25) is 4.57 Å². The summed E-state index contributed by atoms with van der Waals surface area (Å²) in [6.07, 6.45) is 3.37. The third-order valence-electron chi connectivity index (χ3n) is 1.97. The quantitative estimate of drug-likeness (QED) is 0.251. The summed E-state index contributed by atoms with van der Waals surface area (Å²) in [5.41, 5.74) is 0. The lowest BCUT2D eigenvalue weighted by atomic mass is 10.5. The number of rotatable bonds is 11. The highest BCUT2D eigenvalue weighted by molar-refractivity contribution is 7.53. The summed E-state index contributed by atoms with van der Waals surface area (Å²) >= 11 is 0. The maximum atomic E-state index is 12.2. The summed E-state index contributed by atoms with van der Waals surface area (Å²) in [6, 6.07) is 0. The van der Waals surface area contributed by atoms with Gasteiger partial charge in [0.25, 0.3) is 0 Å². The van der Waals surface area contributed by atoms with Gasteiger partial charge in [-0.2, -0.15) is 0 Å². The molecule has 0 aromatic rings. The van der Waals surface area contributed by atoms with Crippen molar-refractivity contribution in [3.63, 3.8) is 0 Å². The molecule has 0 fully saturated rings. The number of ether oxygens (including phenoxy) is 1. The maximum absolute atomic E-state index is 12.2. The van der Waals surface area contributed by atoms with Crippen LogP contribution in [0, 0.1) is 0 Å². The van der Waals surface area contributed by atoms with Gasteiger partial charge in [-0.1, -0.05) is 20.4 Å². The molecule has 0 aliphatic rings. The third-order valence-corrected chi connectivity index (χ3v) is 3.99. The van der Waals surface area contributed by atoms with E-state index in [4.69, 9.17) is 13.8 Å². The number of esters is 1. The Labute approximate surface area is 109 Å². The van der Waals surface area contributed by atoms with Crippen molar-refractivity contribution in [3.05, 3.63) is 12.7 Å². The van der Waals surface area contributed by atoms with Gasteiger partial charge in [-0.15, -0.1) is 0 Å². The van der Waals surface area contributed by atoms with Gasteiger partial charge in [0.2, 0.25) is 0 Å². The molecule has 18 heavy (non-hydrogen) atoms. The van der Waals surface area contributed by atoms with E-state index in [9.17, 15) is 9.36 Å². The lowest BCUT2D eigenvalue weighted by molar-refractivity contribution is -0.137. The lowest BCUT2D eigenvalue weighted by Crippen LogP contribution is -2.07. The van der Waals surface area contributed by atoms with Crippen LogP contribution in [0.4, 0.5) is 0 Å². The molecule has 0 bridgehead atoms. The fourth-order valence-corrected chi connectivity index (χ4v) is 2.89. The average molecular weight is 278 g/mol. The maximum Gasteiger partial charge on any atom is 0.330 e. The molecule has 0 aliphatic heterocycles. The van der Waals surface area contributed by atoms with Crippen LogP contribution in [-0.4, -0.2) is 32.0 Å². The molecular weight excluding hydrogens is 255 g/mol. The summed E-state index contributed by atoms with van der Waals surface area (Å²) in [5, 5.41) is 0. The van der Waals surface area contributed by atoms with E-state index < -0.39 is 13.6 Å². The van der Waals surface area contributed by atoms with E-state index in [-0.39, 0.29) is 12.8 Å². The molecule has 0 atom stereocenters. The molecule has 0 amide bonds. The summed E-state index contributed by atoms with van der Waals surface area (Å²) in [6.45, 7) is 8.19. The van der Waals surface area contributed by atoms with Crippen molar-refractivity contribution in [2.45, 2.75) is 33.1 Å². The van der Waals surface area contributed by atoms with Gasteiger partial charge in [-0.25, -0.2) is 4.79 Å². The molecule has 0 aromatic carbocycles. The van der Waals surface area contributed by atoms with E-state index in [1.165, 1.54) is 0 Å². The van der Waals surface area contributed by atoms with Gasteiger partial charge in [0.1, 0.15) is 0 Å². The minimum atomic E-state index is -3.04. The Hall–Kier alpha value is -0.640. The van der Waals surface area contributed by atoms with Crippen LogP contribution in [0.15, 0.2) is 12.7 Å². The highest BCUT2D eigenvalue weighted by Gasteiger charge is 2.23. The van der Waals surface area contributed by atoms with E-state index in [2.05, 4.69) is 6.58 Å². The predicted molar refractivity (Wildman–Crippen MR) is 70.7 cm³/mol. The molecule has 0 N–H and O–H groups in total. The normalized spacial score (nSPS) is 11.2. The standard InChI is InChI=1S/C12H23O5P/c1-4-8-16-18(14,17-9-5-2)11-7-10-15-12(13)6-3/h6H,3-5,7-11H2,1-2H3. The Morgan fingerprint density at radius 2 is 1.72 bits per heavy atom. The van der Waals surface area contributed by atoms with E-state index in [0.29, 0.717) is 19.6 Å². The Balaban J connectivity index is 4.03. The number of hydrogen-bond donors (Lipinski definition) is 0. The van der Waals surface area contributed by atoms with Crippen LogP contribution in [0.1, 0.15) is 33.1 Å². The van der Waals surface area contributed by atoms with Gasteiger partial charge < -0.3 is 13.8 Å². The number of carbonyl (C=O) groups excluding carboxylic acids is 1. The summed E-state index contributed by atoms with van der Waals surface area (Å²) < 4.78 is 27.6. The SMILES string of the molecule is C=CC(=O)OCCCP(=O)(OCCC)OCCC. The van der Waals surface area contributed by atoms with Crippen molar-refractivity contribution in [3.8, 4) is 0 Å². The molecule has 6 heteroatoms. The Bertz CT molecular complexity index is 278. The molecule has 106 valence electrons. The molecule has 0 saturated carbocycles. The molecule has 0 aliphatic carbocycles. The fourth-order valence-electron chi connectivity index (χ4n) is 1.12. The zero-order chi connectivity index (χ0) is 13.9. The van der Waals surface area contributed by atoms with Crippen LogP contribution in [0.5, 0.6) is 0 Å². The van der Waals surface area contributed by atoms with Crippen molar-refractivity contribution in [1.29, 1.82) is 0 Å². The highest BCUT2D eigenvalue weighted by atomic mass is 31.2. The van der Waals surface area contributed by atoms with E-state index >= 15 is 0 Å². The third kappa shape index (κ3) is 8.45. The van der Waals surface area contributed by atoms with Gasteiger partial charge in [0.05, 0.1) is 26.0 Å². The van der Waals surface area contributed by atoms with Crippen molar-refractivity contribution >= 4 is 13.6 Å². The zero-order valence-corrected chi connectivity index (χ0v) is 12.1. The Morgan fingerprint density at radius 1 is 1.17 bits per heavy atom. The first-order chi connectivity index (χ1) is 8.58. The van der Waals surface area contributed by atoms with Crippen molar-refractivity contribution < 1.29 is 23.1 Å². The van der Waals surface area contributed by atoms with Gasteiger partial charge in [0, 0.05) is 6.08 Å². The molecule has 0 rings (SSSR count). The fraction of sp³-hybridized carbons (Fsp3) is 0.750. The molecule has 0 saturated heterocycles. The molecule has 0 radical (unpaired) electrons. The number of carbonyl (C=O) groups is 1. The predicted octanol–water partition coefficient (Wildman–Crippen LogP) is 3.15. The zero-order valence-electron chi connectivity index (χ0n) is 11.2. The first-order valence-electron chi connectivity index (χ1n) is 6.25. The molecular formula is C12H23O5P. The summed E-state index contributed by atoms with van der Waals surface area (Å²) in [4.78, 5) is 10.8. The van der Waals surface area contributed by atoms with Crippen molar-refractivity contribution in [2.24, 2.45) is 0 Å². The second-order valence-electron chi connectivity index (χ2n) is 3.73. The number of hydrogen-bond acceptors (Lipinski definition) is 5. The molecule has 0 aromatic heterocycles. The summed E-state index contributed by atoms with van der Waals surface area (Å²) in [7, 11) is -3.04. The van der Waals surface area contributed by atoms with Crippen LogP contribution in [-0.2, 0) is 23.1 Å². The Morgan fingerprint density at radius 3 is 2.17 bits per heavy atom. The van der Waals surface area contributed by atoms with Crippen LogP contribution in [0.25, 0.3) is 0 Å².